The van der Waals surface area contributed by atoms with E-state index in [1.807, 2.05) is 35.2 Å². The summed E-state index contributed by atoms with van der Waals surface area (Å²) in [6, 6.07) is 16.8. The lowest BCUT2D eigenvalue weighted by Crippen LogP contribution is -2.49. The molecule has 6 nitrogen and oxygen atoms in total. The van der Waals surface area contributed by atoms with Crippen LogP contribution in [0.15, 0.2) is 66.0 Å². The molecule has 1 aromatic heterocycles. The number of hydrogen-bond acceptors (Lipinski definition) is 5. The fourth-order valence-corrected chi connectivity index (χ4v) is 5.78. The second-order valence-electron chi connectivity index (χ2n) is 9.10. The van der Waals surface area contributed by atoms with Gasteiger partial charge in [0.2, 0.25) is 5.91 Å². The number of benzene rings is 2. The number of halogens is 1. The third-order valence-corrected chi connectivity index (χ3v) is 7.72. The van der Waals surface area contributed by atoms with Crippen LogP contribution in [0.1, 0.15) is 39.7 Å². The minimum atomic E-state index is -0.408. The second kappa shape index (κ2) is 11.2. The van der Waals surface area contributed by atoms with Gasteiger partial charge in [-0.25, -0.2) is 4.39 Å². The van der Waals surface area contributed by atoms with Crippen molar-refractivity contribution in [3.8, 4) is 5.75 Å². The number of rotatable bonds is 8. The highest BCUT2D eigenvalue weighted by Gasteiger charge is 2.34. The lowest BCUT2D eigenvalue weighted by atomic mass is 10.00. The number of carbonyl (C=O) groups excluding carboxylic acids is 2. The van der Waals surface area contributed by atoms with Crippen LogP contribution in [-0.2, 0) is 16.0 Å². The SMILES string of the molecule is O=C(c1ccc(F)cc1)N(CC(=O)N1CCc2sccc2[C@H]1COc1ccccc1)C[C@H]1CCCO1. The Hall–Kier alpha value is -3.23. The first kappa shape index (κ1) is 24.5. The Morgan fingerprint density at radius 1 is 1.11 bits per heavy atom. The van der Waals surface area contributed by atoms with Gasteiger partial charge >= 0.3 is 0 Å². The van der Waals surface area contributed by atoms with E-state index < -0.39 is 5.82 Å². The van der Waals surface area contributed by atoms with E-state index in [1.54, 1.807) is 16.2 Å². The highest BCUT2D eigenvalue weighted by molar-refractivity contribution is 7.10. The lowest BCUT2D eigenvalue weighted by molar-refractivity contribution is -0.135. The first-order valence-corrected chi connectivity index (χ1v) is 13.2. The maximum Gasteiger partial charge on any atom is 0.254 e. The molecule has 3 aromatic rings. The summed E-state index contributed by atoms with van der Waals surface area (Å²) in [5.41, 5.74) is 1.45. The Balaban J connectivity index is 1.35. The Labute approximate surface area is 214 Å². The van der Waals surface area contributed by atoms with Crippen LogP contribution in [0, 0.1) is 5.82 Å². The summed E-state index contributed by atoms with van der Waals surface area (Å²) >= 11 is 1.70. The van der Waals surface area contributed by atoms with Crippen LogP contribution < -0.4 is 4.74 Å². The van der Waals surface area contributed by atoms with E-state index in [2.05, 4.69) is 11.4 Å². The Morgan fingerprint density at radius 2 is 1.92 bits per heavy atom. The number of fused-ring (bicyclic) bond motifs is 1. The van der Waals surface area contributed by atoms with E-state index in [0.29, 0.717) is 31.9 Å². The molecule has 2 aliphatic heterocycles. The maximum absolute atomic E-state index is 13.7. The molecule has 5 rings (SSSR count). The number of carbonyl (C=O) groups is 2. The molecule has 0 spiro atoms. The van der Waals surface area contributed by atoms with Crippen molar-refractivity contribution in [2.75, 3.05) is 32.8 Å². The van der Waals surface area contributed by atoms with Gasteiger partial charge in [-0.15, -0.1) is 11.3 Å². The van der Waals surface area contributed by atoms with Crippen LogP contribution in [0.2, 0.25) is 0 Å². The van der Waals surface area contributed by atoms with Crippen molar-refractivity contribution in [2.24, 2.45) is 0 Å². The first-order valence-electron chi connectivity index (χ1n) is 12.3. The van der Waals surface area contributed by atoms with Gasteiger partial charge in [-0.05, 0) is 72.7 Å². The molecule has 2 amide bonds. The van der Waals surface area contributed by atoms with Crippen molar-refractivity contribution < 1.29 is 23.5 Å². The fraction of sp³-hybridized carbons (Fsp3) is 0.357. The monoisotopic (exact) mass is 508 g/mol. The van der Waals surface area contributed by atoms with Gasteiger partial charge < -0.3 is 19.3 Å². The molecule has 0 N–H and O–H groups in total. The third kappa shape index (κ3) is 5.60. The quantitative estimate of drug-likeness (QED) is 0.442. The summed E-state index contributed by atoms with van der Waals surface area (Å²) in [6.07, 6.45) is 2.45. The zero-order valence-electron chi connectivity index (χ0n) is 20.0. The molecular formula is C28H29FN2O4S. The van der Waals surface area contributed by atoms with Gasteiger partial charge in [0.15, 0.2) is 0 Å². The molecule has 8 heteroatoms. The van der Waals surface area contributed by atoms with E-state index in [0.717, 1.165) is 30.6 Å². The lowest BCUT2D eigenvalue weighted by Gasteiger charge is -2.37. The largest absolute Gasteiger partial charge is 0.491 e. The number of para-hydroxylation sites is 1. The Kier molecular flexibility index (Phi) is 7.63. The number of amides is 2. The molecule has 36 heavy (non-hydrogen) atoms. The van der Waals surface area contributed by atoms with E-state index >= 15 is 0 Å². The van der Waals surface area contributed by atoms with Gasteiger partial charge in [-0.3, -0.25) is 9.59 Å². The average molecular weight is 509 g/mol. The predicted molar refractivity (Wildman–Crippen MR) is 136 cm³/mol. The minimum absolute atomic E-state index is 0.0720. The maximum atomic E-state index is 13.7. The molecule has 0 bridgehead atoms. The van der Waals surface area contributed by atoms with Crippen LogP contribution in [0.25, 0.3) is 0 Å². The molecule has 0 aliphatic carbocycles. The number of ether oxygens (including phenoxy) is 2. The van der Waals surface area contributed by atoms with Gasteiger partial charge in [0, 0.05) is 30.1 Å². The standard InChI is InChI=1S/C28H29FN2O4S/c29-21-10-8-20(9-11-21)28(33)30(17-23-7-4-15-34-23)18-27(32)31-14-12-26-24(13-16-36-26)25(31)19-35-22-5-2-1-3-6-22/h1-3,5-6,8-11,13,16,23,25H,4,7,12,14-15,17-19H2/t23-,25-/m1/s1. The average Bonchev–Trinajstić information content (AvgIpc) is 3.59. The van der Waals surface area contributed by atoms with Crippen molar-refractivity contribution >= 4 is 23.2 Å². The molecule has 1 fully saturated rings. The molecule has 1 saturated heterocycles. The van der Waals surface area contributed by atoms with Crippen LogP contribution in [0.5, 0.6) is 5.75 Å². The molecule has 2 aliphatic rings. The molecule has 0 saturated carbocycles. The summed E-state index contributed by atoms with van der Waals surface area (Å²) in [5, 5.41) is 2.05. The van der Waals surface area contributed by atoms with E-state index in [9.17, 15) is 14.0 Å². The number of hydrogen-bond donors (Lipinski definition) is 0. The van der Waals surface area contributed by atoms with Gasteiger partial charge in [-0.1, -0.05) is 18.2 Å². The molecular weight excluding hydrogens is 479 g/mol. The summed E-state index contributed by atoms with van der Waals surface area (Å²) in [7, 11) is 0. The zero-order chi connectivity index (χ0) is 24.9. The van der Waals surface area contributed by atoms with Gasteiger partial charge in [0.05, 0.1) is 12.1 Å². The van der Waals surface area contributed by atoms with Crippen molar-refractivity contribution in [1.82, 2.24) is 9.80 Å². The van der Waals surface area contributed by atoms with Crippen molar-refractivity contribution in [2.45, 2.75) is 31.4 Å². The molecule has 188 valence electrons. The fourth-order valence-electron chi connectivity index (χ4n) is 4.85. The summed E-state index contributed by atoms with van der Waals surface area (Å²) in [6.45, 7) is 1.80. The Morgan fingerprint density at radius 3 is 2.67 bits per heavy atom. The normalized spacial score (nSPS) is 19.1. The van der Waals surface area contributed by atoms with Crippen LogP contribution >= 0.6 is 11.3 Å². The molecule has 2 atom stereocenters. The van der Waals surface area contributed by atoms with Gasteiger partial charge in [-0.2, -0.15) is 0 Å². The van der Waals surface area contributed by atoms with Crippen molar-refractivity contribution in [1.29, 1.82) is 0 Å². The number of nitrogens with zero attached hydrogens (tertiary/aromatic N) is 2. The topological polar surface area (TPSA) is 59.1 Å². The summed E-state index contributed by atoms with van der Waals surface area (Å²) < 4.78 is 25.3. The second-order valence-corrected chi connectivity index (χ2v) is 10.1. The van der Waals surface area contributed by atoms with Crippen molar-refractivity contribution in [3.63, 3.8) is 0 Å². The smallest absolute Gasteiger partial charge is 0.254 e. The van der Waals surface area contributed by atoms with Gasteiger partial charge in [0.1, 0.15) is 24.7 Å². The Bertz CT molecular complexity index is 1180. The zero-order valence-corrected chi connectivity index (χ0v) is 20.8. The van der Waals surface area contributed by atoms with E-state index in [-0.39, 0.29) is 30.5 Å². The van der Waals surface area contributed by atoms with Crippen molar-refractivity contribution in [3.05, 3.63) is 87.9 Å². The van der Waals surface area contributed by atoms with Crippen LogP contribution in [0.3, 0.4) is 0 Å². The molecule has 3 heterocycles. The highest BCUT2D eigenvalue weighted by Crippen LogP contribution is 2.34. The minimum Gasteiger partial charge on any atom is -0.491 e. The highest BCUT2D eigenvalue weighted by atomic mass is 32.1. The van der Waals surface area contributed by atoms with Gasteiger partial charge in [0.25, 0.3) is 5.91 Å². The predicted octanol–water partition coefficient (Wildman–Crippen LogP) is 4.71. The molecule has 2 aromatic carbocycles. The number of thiophene rings is 1. The van der Waals surface area contributed by atoms with E-state index in [1.165, 1.54) is 29.1 Å². The van der Waals surface area contributed by atoms with Crippen LogP contribution in [-0.4, -0.2) is 60.6 Å². The molecule has 0 unspecified atom stereocenters. The first-order chi connectivity index (χ1) is 17.6. The summed E-state index contributed by atoms with van der Waals surface area (Å²) in [5.74, 6) is -0.0978. The van der Waals surface area contributed by atoms with E-state index in [4.69, 9.17) is 9.47 Å². The van der Waals surface area contributed by atoms with Crippen LogP contribution in [0.4, 0.5) is 4.39 Å². The molecule has 0 radical (unpaired) electrons. The third-order valence-electron chi connectivity index (χ3n) is 6.72. The summed E-state index contributed by atoms with van der Waals surface area (Å²) in [4.78, 5) is 31.7.